The molecule has 0 heterocycles. The molecule has 0 bridgehead atoms. The molecule has 2 rings (SSSR count). The average Bonchev–Trinajstić information content (AvgIpc) is 2.42. The van der Waals surface area contributed by atoms with Gasteiger partial charge in [-0.3, -0.25) is 16.0 Å². The molecule has 0 fully saturated rings. The molecule has 0 spiro atoms. The number of nitrogens with zero attached hydrogens (tertiary/aromatic N) is 1. The van der Waals surface area contributed by atoms with Crippen molar-refractivity contribution in [3.05, 3.63) is 56.5 Å². The van der Waals surface area contributed by atoms with E-state index in [1.54, 1.807) is 6.07 Å². The van der Waals surface area contributed by atoms with Gasteiger partial charge < -0.3 is 10.7 Å². The number of non-ortho nitro benzene ring substituents is 1. The number of halogens is 1. The highest BCUT2D eigenvalue weighted by atomic mass is 79.9. The summed E-state index contributed by atoms with van der Waals surface area (Å²) >= 11 is 3.43. The molecule has 0 saturated heterocycles. The number of nitro benzene ring substituents is 1. The zero-order valence-corrected chi connectivity index (χ0v) is 12.3. The molecule has 0 unspecified atom stereocenters. The van der Waals surface area contributed by atoms with Gasteiger partial charge in [0.2, 0.25) is 0 Å². The Bertz CT molecular complexity index is 661. The van der Waals surface area contributed by atoms with Crippen LogP contribution in [0.5, 0.6) is 0 Å². The molecule has 104 valence electrons. The maximum Gasteiger partial charge on any atom is 0.273 e. The number of nitrogens with two attached hydrogens (primary N) is 1. The highest BCUT2D eigenvalue weighted by molar-refractivity contribution is 9.10. The molecule has 0 aliphatic heterocycles. The lowest BCUT2D eigenvalue weighted by Gasteiger charge is -2.11. The van der Waals surface area contributed by atoms with E-state index in [9.17, 15) is 10.1 Å². The number of hydrogen-bond donors (Lipinski definition) is 3. The molecule has 4 N–H and O–H groups in total. The lowest BCUT2D eigenvalue weighted by atomic mass is 10.2. The normalized spacial score (nSPS) is 10.2. The van der Waals surface area contributed by atoms with E-state index in [4.69, 9.17) is 5.84 Å². The molecule has 2 aromatic rings. The van der Waals surface area contributed by atoms with Crippen molar-refractivity contribution in [1.82, 2.24) is 0 Å². The molecule has 0 aromatic heterocycles. The first-order chi connectivity index (χ1) is 9.49. The Hall–Kier alpha value is -2.12. The van der Waals surface area contributed by atoms with Gasteiger partial charge in [0.25, 0.3) is 5.69 Å². The largest absolute Gasteiger partial charge is 0.354 e. The lowest BCUT2D eigenvalue weighted by molar-refractivity contribution is -0.384. The van der Waals surface area contributed by atoms with E-state index in [0.717, 1.165) is 15.7 Å². The van der Waals surface area contributed by atoms with Crippen molar-refractivity contribution in [1.29, 1.82) is 0 Å². The van der Waals surface area contributed by atoms with Crippen LogP contribution in [0.3, 0.4) is 0 Å². The quantitative estimate of drug-likeness (QED) is 0.449. The van der Waals surface area contributed by atoms with Gasteiger partial charge in [-0.2, -0.15) is 0 Å². The molecule has 20 heavy (non-hydrogen) atoms. The highest BCUT2D eigenvalue weighted by Crippen LogP contribution is 2.30. The van der Waals surface area contributed by atoms with Crippen molar-refractivity contribution < 1.29 is 4.92 Å². The van der Waals surface area contributed by atoms with Crippen molar-refractivity contribution in [3.8, 4) is 0 Å². The standard InChI is InChI=1S/C13H13BrN4O2/c1-8-2-3-12(14)13(4-8)16-9-5-10(17-15)7-11(6-9)18(19)20/h2-7,16-17H,15H2,1H3. The maximum atomic E-state index is 10.9. The Labute approximate surface area is 124 Å². The molecular formula is C13H13BrN4O2. The molecule has 0 atom stereocenters. The number of nitrogen functional groups attached to an aromatic ring is 1. The van der Waals surface area contributed by atoms with Crippen LogP contribution in [0.25, 0.3) is 0 Å². The molecule has 7 heteroatoms. The summed E-state index contributed by atoms with van der Waals surface area (Å²) in [6.45, 7) is 1.97. The van der Waals surface area contributed by atoms with Gasteiger partial charge in [-0.05, 0) is 46.6 Å². The van der Waals surface area contributed by atoms with Crippen molar-refractivity contribution in [3.63, 3.8) is 0 Å². The van der Waals surface area contributed by atoms with Crippen LogP contribution in [-0.2, 0) is 0 Å². The summed E-state index contributed by atoms with van der Waals surface area (Å²) in [5, 5.41) is 14.0. The molecule has 0 aliphatic carbocycles. The van der Waals surface area contributed by atoms with Crippen LogP contribution in [0.15, 0.2) is 40.9 Å². The van der Waals surface area contributed by atoms with E-state index in [1.165, 1.54) is 12.1 Å². The fraction of sp³-hybridized carbons (Fsp3) is 0.0769. The van der Waals surface area contributed by atoms with Crippen LogP contribution < -0.4 is 16.6 Å². The SMILES string of the molecule is Cc1ccc(Br)c(Nc2cc(NN)cc([N+](=O)[O-])c2)c1. The monoisotopic (exact) mass is 336 g/mol. The Morgan fingerprint density at radius 1 is 1.20 bits per heavy atom. The third kappa shape index (κ3) is 3.25. The second kappa shape index (κ2) is 5.89. The Morgan fingerprint density at radius 2 is 1.90 bits per heavy atom. The number of aryl methyl sites for hydroxylation is 1. The zero-order valence-electron chi connectivity index (χ0n) is 10.7. The van der Waals surface area contributed by atoms with E-state index >= 15 is 0 Å². The predicted molar refractivity (Wildman–Crippen MR) is 83.1 cm³/mol. The minimum absolute atomic E-state index is 0.0354. The highest BCUT2D eigenvalue weighted by Gasteiger charge is 2.10. The number of rotatable bonds is 4. The minimum atomic E-state index is -0.461. The Morgan fingerprint density at radius 3 is 2.55 bits per heavy atom. The molecule has 0 aliphatic rings. The van der Waals surface area contributed by atoms with E-state index in [0.29, 0.717) is 11.4 Å². The minimum Gasteiger partial charge on any atom is -0.354 e. The molecule has 0 saturated carbocycles. The first kappa shape index (κ1) is 14.3. The predicted octanol–water partition coefficient (Wildman–Crippen LogP) is 3.69. The van der Waals surface area contributed by atoms with E-state index < -0.39 is 4.92 Å². The van der Waals surface area contributed by atoms with Crippen LogP contribution in [0.1, 0.15) is 5.56 Å². The molecule has 0 amide bonds. The van der Waals surface area contributed by atoms with Gasteiger partial charge >= 0.3 is 0 Å². The first-order valence-electron chi connectivity index (χ1n) is 5.79. The molecule has 6 nitrogen and oxygen atoms in total. The fourth-order valence-electron chi connectivity index (χ4n) is 1.76. The zero-order chi connectivity index (χ0) is 14.7. The van der Waals surface area contributed by atoms with Gasteiger partial charge in [0.15, 0.2) is 0 Å². The van der Waals surface area contributed by atoms with Crippen LogP contribution in [0, 0.1) is 17.0 Å². The maximum absolute atomic E-state index is 10.9. The summed E-state index contributed by atoms with van der Waals surface area (Å²) in [7, 11) is 0. The number of hydrazine groups is 1. The summed E-state index contributed by atoms with van der Waals surface area (Å²) in [6, 6.07) is 10.3. The van der Waals surface area contributed by atoms with Gasteiger partial charge in [-0.1, -0.05) is 6.07 Å². The van der Waals surface area contributed by atoms with Gasteiger partial charge in [-0.15, -0.1) is 0 Å². The number of nitro groups is 1. The summed E-state index contributed by atoms with van der Waals surface area (Å²) < 4.78 is 0.872. The molecule has 2 aromatic carbocycles. The van der Waals surface area contributed by atoms with Crippen LogP contribution in [0.4, 0.5) is 22.7 Å². The van der Waals surface area contributed by atoms with Crippen molar-refractivity contribution in [2.24, 2.45) is 5.84 Å². The van der Waals surface area contributed by atoms with Gasteiger partial charge in [-0.25, -0.2) is 0 Å². The average molecular weight is 337 g/mol. The van der Waals surface area contributed by atoms with E-state index in [2.05, 4.69) is 26.7 Å². The number of benzene rings is 2. The number of hydrogen-bond acceptors (Lipinski definition) is 5. The van der Waals surface area contributed by atoms with E-state index in [1.807, 2.05) is 25.1 Å². The van der Waals surface area contributed by atoms with Gasteiger partial charge in [0.05, 0.1) is 16.3 Å². The van der Waals surface area contributed by atoms with Crippen LogP contribution in [0.2, 0.25) is 0 Å². The Balaban J connectivity index is 2.39. The van der Waals surface area contributed by atoms with Crippen molar-refractivity contribution >= 4 is 38.7 Å². The van der Waals surface area contributed by atoms with Crippen molar-refractivity contribution in [2.75, 3.05) is 10.7 Å². The number of nitrogens with one attached hydrogen (secondary N) is 2. The van der Waals surface area contributed by atoms with E-state index in [-0.39, 0.29) is 5.69 Å². The summed E-state index contributed by atoms with van der Waals surface area (Å²) in [5.74, 6) is 5.33. The van der Waals surface area contributed by atoms with Gasteiger partial charge in [0, 0.05) is 22.3 Å². The van der Waals surface area contributed by atoms with Crippen LogP contribution in [-0.4, -0.2) is 4.92 Å². The lowest BCUT2D eigenvalue weighted by Crippen LogP contribution is -2.07. The topological polar surface area (TPSA) is 93.2 Å². The second-order valence-corrected chi connectivity index (χ2v) is 5.13. The summed E-state index contributed by atoms with van der Waals surface area (Å²) in [5.41, 5.74) is 5.34. The summed E-state index contributed by atoms with van der Waals surface area (Å²) in [6.07, 6.45) is 0. The molecular weight excluding hydrogens is 324 g/mol. The van der Waals surface area contributed by atoms with Crippen LogP contribution >= 0.6 is 15.9 Å². The third-order valence-corrected chi connectivity index (χ3v) is 3.39. The Kier molecular flexibility index (Phi) is 4.21. The first-order valence-corrected chi connectivity index (χ1v) is 6.58. The second-order valence-electron chi connectivity index (χ2n) is 4.28. The van der Waals surface area contributed by atoms with Gasteiger partial charge in [0.1, 0.15) is 0 Å². The third-order valence-electron chi connectivity index (χ3n) is 2.70. The van der Waals surface area contributed by atoms with Crippen molar-refractivity contribution in [2.45, 2.75) is 6.92 Å². The molecule has 0 radical (unpaired) electrons. The smallest absolute Gasteiger partial charge is 0.273 e. The fourth-order valence-corrected chi connectivity index (χ4v) is 2.11. The number of anilines is 3. The summed E-state index contributed by atoms with van der Waals surface area (Å²) in [4.78, 5) is 10.4.